The third-order valence-corrected chi connectivity index (χ3v) is 3.66. The third-order valence-electron chi connectivity index (χ3n) is 3.03. The van der Waals surface area contributed by atoms with E-state index < -0.39 is 0 Å². The Morgan fingerprint density at radius 2 is 2.11 bits per heavy atom. The largest absolute Gasteiger partial charge is 0.454 e. The van der Waals surface area contributed by atoms with Gasteiger partial charge in [-0.05, 0) is 52.7 Å². The fraction of sp³-hybridized carbons (Fsp3) is 0.214. The first-order valence-corrected chi connectivity index (χ1v) is 6.80. The van der Waals surface area contributed by atoms with E-state index in [1.807, 2.05) is 30.3 Å². The Morgan fingerprint density at radius 1 is 1.26 bits per heavy atom. The lowest BCUT2D eigenvalue weighted by Crippen LogP contribution is -2.07. The van der Waals surface area contributed by atoms with E-state index in [1.54, 1.807) is 6.20 Å². The van der Waals surface area contributed by atoms with Crippen LogP contribution >= 0.6 is 15.9 Å². The quantitative estimate of drug-likeness (QED) is 0.875. The van der Waals surface area contributed by atoms with Crippen molar-refractivity contribution in [2.45, 2.75) is 13.0 Å². The van der Waals surface area contributed by atoms with Crippen LogP contribution in [-0.2, 0) is 0 Å². The van der Waals surface area contributed by atoms with Crippen LogP contribution in [0.3, 0.4) is 0 Å². The Labute approximate surface area is 119 Å². The molecule has 0 spiro atoms. The second-order valence-electron chi connectivity index (χ2n) is 4.32. The van der Waals surface area contributed by atoms with Crippen molar-refractivity contribution in [1.29, 1.82) is 0 Å². The normalized spacial score (nSPS) is 14.2. The van der Waals surface area contributed by atoms with E-state index in [4.69, 9.17) is 9.47 Å². The highest BCUT2D eigenvalue weighted by atomic mass is 79.9. The average Bonchev–Trinajstić information content (AvgIpc) is 2.88. The van der Waals surface area contributed by atoms with Gasteiger partial charge in [0.15, 0.2) is 11.5 Å². The minimum absolute atomic E-state index is 0.148. The SMILES string of the molecule is CC(Nc1cccnc1Br)c1ccc2c(c1)OCO2. The summed E-state index contributed by atoms with van der Waals surface area (Å²) in [6, 6.07) is 10.0. The maximum atomic E-state index is 5.39. The number of ether oxygens (including phenoxy) is 2. The first-order chi connectivity index (χ1) is 9.24. The lowest BCUT2D eigenvalue weighted by atomic mass is 10.1. The smallest absolute Gasteiger partial charge is 0.231 e. The number of hydrogen-bond donors (Lipinski definition) is 1. The van der Waals surface area contributed by atoms with E-state index in [0.717, 1.165) is 27.4 Å². The monoisotopic (exact) mass is 320 g/mol. The van der Waals surface area contributed by atoms with Crippen molar-refractivity contribution in [2.24, 2.45) is 0 Å². The van der Waals surface area contributed by atoms with Gasteiger partial charge < -0.3 is 14.8 Å². The Balaban J connectivity index is 1.81. The van der Waals surface area contributed by atoms with Gasteiger partial charge in [-0.2, -0.15) is 0 Å². The van der Waals surface area contributed by atoms with E-state index in [2.05, 4.69) is 33.2 Å². The van der Waals surface area contributed by atoms with Crippen molar-refractivity contribution in [2.75, 3.05) is 12.1 Å². The first-order valence-electron chi connectivity index (χ1n) is 6.00. The van der Waals surface area contributed by atoms with Crippen LogP contribution in [0.15, 0.2) is 41.1 Å². The average molecular weight is 321 g/mol. The summed E-state index contributed by atoms with van der Waals surface area (Å²) in [5, 5.41) is 3.41. The van der Waals surface area contributed by atoms with Gasteiger partial charge in [-0.3, -0.25) is 0 Å². The number of fused-ring (bicyclic) bond motifs is 1. The van der Waals surface area contributed by atoms with Gasteiger partial charge in [-0.25, -0.2) is 4.98 Å². The molecule has 0 radical (unpaired) electrons. The summed E-state index contributed by atoms with van der Waals surface area (Å²) in [5.41, 5.74) is 2.10. The summed E-state index contributed by atoms with van der Waals surface area (Å²) in [7, 11) is 0. The third kappa shape index (κ3) is 2.51. The standard InChI is InChI=1S/C14H13BrN2O2/c1-9(17-11-3-2-6-16-14(11)15)10-4-5-12-13(7-10)19-8-18-12/h2-7,9,17H,8H2,1H3. The van der Waals surface area contributed by atoms with Gasteiger partial charge >= 0.3 is 0 Å². The molecule has 98 valence electrons. The molecule has 1 aromatic heterocycles. The fourth-order valence-corrected chi connectivity index (χ4v) is 2.36. The van der Waals surface area contributed by atoms with E-state index in [1.165, 1.54) is 0 Å². The van der Waals surface area contributed by atoms with Gasteiger partial charge in [0, 0.05) is 12.2 Å². The zero-order chi connectivity index (χ0) is 13.2. The van der Waals surface area contributed by atoms with Gasteiger partial charge in [-0.1, -0.05) is 6.07 Å². The van der Waals surface area contributed by atoms with Crippen LogP contribution in [0.4, 0.5) is 5.69 Å². The number of benzene rings is 1. The highest BCUT2D eigenvalue weighted by Gasteiger charge is 2.16. The zero-order valence-electron chi connectivity index (χ0n) is 10.4. The minimum atomic E-state index is 0.148. The predicted molar refractivity (Wildman–Crippen MR) is 76.5 cm³/mol. The summed E-state index contributed by atoms with van der Waals surface area (Å²) < 4.78 is 11.5. The lowest BCUT2D eigenvalue weighted by Gasteiger charge is -2.16. The second kappa shape index (κ2) is 5.09. The molecule has 0 bridgehead atoms. The molecule has 4 nitrogen and oxygen atoms in total. The number of pyridine rings is 1. The van der Waals surface area contributed by atoms with Gasteiger partial charge in [0.2, 0.25) is 6.79 Å². The number of rotatable bonds is 3. The molecule has 2 aromatic rings. The summed E-state index contributed by atoms with van der Waals surface area (Å²) in [4.78, 5) is 4.19. The number of halogens is 1. The molecule has 1 aromatic carbocycles. The maximum Gasteiger partial charge on any atom is 0.231 e. The minimum Gasteiger partial charge on any atom is -0.454 e. The highest BCUT2D eigenvalue weighted by Crippen LogP contribution is 2.35. The fourth-order valence-electron chi connectivity index (χ4n) is 1.99. The van der Waals surface area contributed by atoms with Crippen molar-refractivity contribution in [3.8, 4) is 11.5 Å². The van der Waals surface area contributed by atoms with Crippen LogP contribution in [-0.4, -0.2) is 11.8 Å². The van der Waals surface area contributed by atoms with E-state index in [9.17, 15) is 0 Å². The molecule has 1 atom stereocenters. The van der Waals surface area contributed by atoms with Gasteiger partial charge in [-0.15, -0.1) is 0 Å². The van der Waals surface area contributed by atoms with E-state index >= 15 is 0 Å². The molecule has 1 unspecified atom stereocenters. The maximum absolute atomic E-state index is 5.39. The summed E-state index contributed by atoms with van der Waals surface area (Å²) >= 11 is 3.43. The lowest BCUT2D eigenvalue weighted by molar-refractivity contribution is 0.174. The zero-order valence-corrected chi connectivity index (χ0v) is 12.0. The molecule has 19 heavy (non-hydrogen) atoms. The molecule has 0 fully saturated rings. The van der Waals surface area contributed by atoms with Crippen LogP contribution < -0.4 is 14.8 Å². The number of aromatic nitrogens is 1. The summed E-state index contributed by atoms with van der Waals surface area (Å²) in [6.45, 7) is 2.39. The topological polar surface area (TPSA) is 43.4 Å². The highest BCUT2D eigenvalue weighted by molar-refractivity contribution is 9.10. The molecule has 1 aliphatic rings. The molecule has 0 saturated heterocycles. The molecular weight excluding hydrogens is 308 g/mol. The molecule has 2 heterocycles. The number of hydrogen-bond acceptors (Lipinski definition) is 4. The number of nitrogens with zero attached hydrogens (tertiary/aromatic N) is 1. The molecule has 3 rings (SSSR count). The van der Waals surface area contributed by atoms with Gasteiger partial charge in [0.25, 0.3) is 0 Å². The van der Waals surface area contributed by atoms with E-state index in [-0.39, 0.29) is 6.04 Å². The van der Waals surface area contributed by atoms with Crippen LogP contribution in [0.1, 0.15) is 18.5 Å². The van der Waals surface area contributed by atoms with Crippen molar-refractivity contribution in [1.82, 2.24) is 4.98 Å². The van der Waals surface area contributed by atoms with Crippen LogP contribution in [0.2, 0.25) is 0 Å². The van der Waals surface area contributed by atoms with Crippen LogP contribution in [0.5, 0.6) is 11.5 Å². The Morgan fingerprint density at radius 3 is 2.95 bits per heavy atom. The summed E-state index contributed by atoms with van der Waals surface area (Å²) in [6.07, 6.45) is 1.75. The van der Waals surface area contributed by atoms with Crippen LogP contribution in [0.25, 0.3) is 0 Å². The Kier molecular flexibility index (Phi) is 3.29. The molecule has 1 aliphatic heterocycles. The summed E-state index contributed by atoms with van der Waals surface area (Å²) in [5.74, 6) is 1.61. The van der Waals surface area contributed by atoms with Gasteiger partial charge in [0.05, 0.1) is 5.69 Å². The number of anilines is 1. The van der Waals surface area contributed by atoms with Crippen LogP contribution in [0, 0.1) is 0 Å². The first kappa shape index (κ1) is 12.3. The van der Waals surface area contributed by atoms with Crippen molar-refractivity contribution in [3.63, 3.8) is 0 Å². The van der Waals surface area contributed by atoms with Crippen molar-refractivity contribution >= 4 is 21.6 Å². The van der Waals surface area contributed by atoms with Gasteiger partial charge in [0.1, 0.15) is 4.60 Å². The van der Waals surface area contributed by atoms with Crippen molar-refractivity contribution in [3.05, 3.63) is 46.7 Å². The predicted octanol–water partition coefficient (Wildman–Crippen LogP) is 3.75. The molecule has 5 heteroatoms. The molecule has 0 saturated carbocycles. The Bertz CT molecular complexity index is 604. The molecular formula is C14H13BrN2O2. The number of nitrogens with one attached hydrogen (secondary N) is 1. The van der Waals surface area contributed by atoms with E-state index in [0.29, 0.717) is 6.79 Å². The molecule has 1 N–H and O–H groups in total. The van der Waals surface area contributed by atoms with Crippen molar-refractivity contribution < 1.29 is 9.47 Å². The second-order valence-corrected chi connectivity index (χ2v) is 5.07. The molecule has 0 aliphatic carbocycles. The Hall–Kier alpha value is -1.75. The molecule has 0 amide bonds.